The van der Waals surface area contributed by atoms with E-state index < -0.39 is 0 Å². The standard InChI is InChI=1S/C30H34N4O3/c1-32(30(35)28-11-7-19-37-28)27(21-23-8-5-10-26(20-23)36-2)24-13-17-33(18-14-24)22-25-9-6-16-34(25)29-12-3-4-15-31-29/h3-12,15-16,19-20,24,27H,13-14,17-18,21-22H2,1-2H3/t27-/m0/s1. The molecule has 0 spiro atoms. The lowest BCUT2D eigenvalue weighted by atomic mass is 9.84. The second kappa shape index (κ2) is 11.5. The first kappa shape index (κ1) is 24.8. The topological polar surface area (TPSA) is 63.7 Å². The fraction of sp³-hybridized carbons (Fsp3) is 0.333. The summed E-state index contributed by atoms with van der Waals surface area (Å²) < 4.78 is 13.0. The zero-order valence-electron chi connectivity index (χ0n) is 21.5. The fourth-order valence-electron chi connectivity index (χ4n) is 5.38. The lowest BCUT2D eigenvalue weighted by Crippen LogP contribution is -2.47. The number of benzene rings is 1. The molecule has 7 heteroatoms. The summed E-state index contributed by atoms with van der Waals surface area (Å²) in [6, 6.07) is 21.9. The molecule has 4 aromatic rings. The van der Waals surface area contributed by atoms with Crippen LogP contribution in [0.25, 0.3) is 5.82 Å². The van der Waals surface area contributed by atoms with E-state index >= 15 is 0 Å². The molecule has 37 heavy (non-hydrogen) atoms. The van der Waals surface area contributed by atoms with Crippen LogP contribution in [0.2, 0.25) is 0 Å². The Morgan fingerprint density at radius 2 is 1.97 bits per heavy atom. The number of aromatic nitrogens is 2. The highest BCUT2D eigenvalue weighted by Gasteiger charge is 2.33. The van der Waals surface area contributed by atoms with Crippen molar-refractivity contribution in [3.05, 3.63) is 102 Å². The number of hydrogen-bond acceptors (Lipinski definition) is 5. The van der Waals surface area contributed by atoms with Gasteiger partial charge in [-0.15, -0.1) is 0 Å². The van der Waals surface area contributed by atoms with Crippen LogP contribution in [0.4, 0.5) is 0 Å². The first-order valence-corrected chi connectivity index (χ1v) is 12.9. The van der Waals surface area contributed by atoms with Gasteiger partial charge in [0, 0.05) is 37.7 Å². The Labute approximate surface area is 218 Å². The molecule has 192 valence electrons. The van der Waals surface area contributed by atoms with Crippen LogP contribution in [0.1, 0.15) is 34.7 Å². The average molecular weight is 499 g/mol. The number of rotatable bonds is 9. The normalized spacial score (nSPS) is 15.4. The monoisotopic (exact) mass is 498 g/mol. The number of piperidine rings is 1. The van der Waals surface area contributed by atoms with Crippen molar-refractivity contribution in [3.63, 3.8) is 0 Å². The maximum atomic E-state index is 13.2. The van der Waals surface area contributed by atoms with E-state index in [9.17, 15) is 4.79 Å². The number of amides is 1. The summed E-state index contributed by atoms with van der Waals surface area (Å²) in [6.07, 6.45) is 8.27. The van der Waals surface area contributed by atoms with Gasteiger partial charge < -0.3 is 18.6 Å². The molecule has 0 bridgehead atoms. The van der Waals surface area contributed by atoms with Gasteiger partial charge in [-0.3, -0.25) is 9.69 Å². The number of carbonyl (C=O) groups is 1. The van der Waals surface area contributed by atoms with Crippen LogP contribution in [0.15, 0.2) is 89.8 Å². The largest absolute Gasteiger partial charge is 0.497 e. The van der Waals surface area contributed by atoms with E-state index in [1.54, 1.807) is 25.5 Å². The van der Waals surface area contributed by atoms with Crippen LogP contribution >= 0.6 is 0 Å². The van der Waals surface area contributed by atoms with Crippen LogP contribution in [0.5, 0.6) is 5.75 Å². The lowest BCUT2D eigenvalue weighted by molar-refractivity contribution is 0.0555. The summed E-state index contributed by atoms with van der Waals surface area (Å²) in [7, 11) is 3.59. The minimum Gasteiger partial charge on any atom is -0.497 e. The Hall–Kier alpha value is -3.84. The molecule has 5 rings (SSSR count). The van der Waals surface area contributed by atoms with E-state index in [1.165, 1.54) is 11.3 Å². The van der Waals surface area contributed by atoms with Crippen LogP contribution in [-0.4, -0.2) is 58.5 Å². The molecule has 0 saturated carbocycles. The minimum absolute atomic E-state index is 0.0595. The fourth-order valence-corrected chi connectivity index (χ4v) is 5.38. The number of likely N-dealkylation sites (tertiary alicyclic amines) is 1. The molecule has 1 atom stereocenters. The molecular weight excluding hydrogens is 464 g/mol. The summed E-state index contributed by atoms with van der Waals surface area (Å²) in [5, 5.41) is 0. The van der Waals surface area contributed by atoms with Gasteiger partial charge in [0.2, 0.25) is 0 Å². The maximum absolute atomic E-state index is 13.2. The van der Waals surface area contributed by atoms with Gasteiger partial charge in [0.1, 0.15) is 11.6 Å². The zero-order valence-corrected chi connectivity index (χ0v) is 21.5. The third kappa shape index (κ3) is 5.78. The number of methoxy groups -OCH3 is 1. The van der Waals surface area contributed by atoms with Crippen molar-refractivity contribution < 1.29 is 13.9 Å². The number of pyridine rings is 1. The number of carbonyl (C=O) groups excluding carboxylic acids is 1. The summed E-state index contributed by atoms with van der Waals surface area (Å²) in [6.45, 7) is 2.84. The number of hydrogen-bond donors (Lipinski definition) is 0. The third-order valence-electron chi connectivity index (χ3n) is 7.42. The highest BCUT2D eigenvalue weighted by Crippen LogP contribution is 2.29. The van der Waals surface area contributed by atoms with E-state index in [2.05, 4.69) is 44.9 Å². The van der Waals surface area contributed by atoms with E-state index in [0.717, 1.165) is 50.5 Å². The zero-order chi connectivity index (χ0) is 25.6. The highest BCUT2D eigenvalue weighted by molar-refractivity contribution is 5.91. The second-order valence-corrected chi connectivity index (χ2v) is 9.69. The number of ether oxygens (including phenoxy) is 1. The van der Waals surface area contributed by atoms with Gasteiger partial charge in [0.05, 0.1) is 13.4 Å². The summed E-state index contributed by atoms with van der Waals surface area (Å²) in [5.74, 6) is 2.46. The Morgan fingerprint density at radius 3 is 2.70 bits per heavy atom. The van der Waals surface area contributed by atoms with E-state index in [-0.39, 0.29) is 11.9 Å². The molecule has 0 N–H and O–H groups in total. The molecule has 1 saturated heterocycles. The Kier molecular flexibility index (Phi) is 7.70. The molecule has 1 aromatic carbocycles. The molecular formula is C30H34N4O3. The van der Waals surface area contributed by atoms with Crippen LogP contribution in [-0.2, 0) is 13.0 Å². The van der Waals surface area contributed by atoms with Gasteiger partial charge in [-0.2, -0.15) is 0 Å². The smallest absolute Gasteiger partial charge is 0.289 e. The molecule has 1 amide bonds. The van der Waals surface area contributed by atoms with Gasteiger partial charge in [-0.05, 0) is 92.4 Å². The van der Waals surface area contributed by atoms with Crippen molar-refractivity contribution in [2.45, 2.75) is 31.8 Å². The van der Waals surface area contributed by atoms with Crippen molar-refractivity contribution in [3.8, 4) is 11.6 Å². The molecule has 4 heterocycles. The van der Waals surface area contributed by atoms with E-state index in [1.807, 2.05) is 48.5 Å². The van der Waals surface area contributed by atoms with Crippen molar-refractivity contribution in [2.24, 2.45) is 5.92 Å². The summed E-state index contributed by atoms with van der Waals surface area (Å²) >= 11 is 0. The molecule has 7 nitrogen and oxygen atoms in total. The number of furan rings is 1. The van der Waals surface area contributed by atoms with Gasteiger partial charge in [-0.1, -0.05) is 18.2 Å². The Balaban J connectivity index is 1.29. The van der Waals surface area contributed by atoms with Crippen molar-refractivity contribution in [1.82, 2.24) is 19.4 Å². The quantitative estimate of drug-likeness (QED) is 0.322. The second-order valence-electron chi connectivity index (χ2n) is 9.69. The van der Waals surface area contributed by atoms with Gasteiger partial charge in [-0.25, -0.2) is 4.98 Å². The van der Waals surface area contributed by atoms with Gasteiger partial charge in [0.15, 0.2) is 5.76 Å². The molecule has 1 aliphatic heterocycles. The summed E-state index contributed by atoms with van der Waals surface area (Å²) in [5.41, 5.74) is 2.40. The third-order valence-corrected chi connectivity index (χ3v) is 7.42. The van der Waals surface area contributed by atoms with Crippen molar-refractivity contribution in [2.75, 3.05) is 27.2 Å². The molecule has 3 aromatic heterocycles. The maximum Gasteiger partial charge on any atom is 0.289 e. The number of nitrogens with zero attached hydrogens (tertiary/aromatic N) is 4. The Bertz CT molecular complexity index is 1280. The van der Waals surface area contributed by atoms with Gasteiger partial charge >= 0.3 is 0 Å². The molecule has 1 aliphatic rings. The predicted molar refractivity (Wildman–Crippen MR) is 143 cm³/mol. The van der Waals surface area contributed by atoms with Crippen LogP contribution in [0, 0.1) is 5.92 Å². The SMILES string of the molecule is COc1cccc(C[C@@H](C2CCN(Cc3cccn3-c3ccccn3)CC2)N(C)C(=O)c2ccco2)c1. The van der Waals surface area contributed by atoms with Crippen LogP contribution < -0.4 is 4.74 Å². The first-order valence-electron chi connectivity index (χ1n) is 12.9. The van der Waals surface area contributed by atoms with Gasteiger partial charge in [0.25, 0.3) is 5.91 Å². The summed E-state index contributed by atoms with van der Waals surface area (Å²) in [4.78, 5) is 22.1. The number of likely N-dealkylation sites (N-methyl/N-ethyl adjacent to an activating group) is 1. The predicted octanol–water partition coefficient (Wildman–Crippen LogP) is 5.07. The van der Waals surface area contributed by atoms with E-state index in [0.29, 0.717) is 11.7 Å². The first-order chi connectivity index (χ1) is 18.1. The minimum atomic E-state index is -0.0754. The van der Waals surface area contributed by atoms with Crippen LogP contribution in [0.3, 0.4) is 0 Å². The average Bonchev–Trinajstić information content (AvgIpc) is 3.65. The molecule has 0 aliphatic carbocycles. The molecule has 0 unspecified atom stereocenters. The Morgan fingerprint density at radius 1 is 1.11 bits per heavy atom. The lowest BCUT2D eigenvalue weighted by Gasteiger charge is -2.40. The highest BCUT2D eigenvalue weighted by atomic mass is 16.5. The molecule has 0 radical (unpaired) electrons. The van der Waals surface area contributed by atoms with Crippen molar-refractivity contribution >= 4 is 5.91 Å². The van der Waals surface area contributed by atoms with E-state index in [4.69, 9.17) is 9.15 Å². The van der Waals surface area contributed by atoms with Crippen molar-refractivity contribution in [1.29, 1.82) is 0 Å². The molecule has 1 fully saturated rings.